The Labute approximate surface area is 361 Å². The van der Waals surface area contributed by atoms with Crippen molar-refractivity contribution in [2.75, 3.05) is 0 Å². The number of hydrogen-bond acceptors (Lipinski definition) is 6. The number of amides is 2. The summed E-state index contributed by atoms with van der Waals surface area (Å²) in [5, 5.41) is 28.9. The summed E-state index contributed by atoms with van der Waals surface area (Å²) in [6, 6.07) is 12.1. The SMILES string of the molecule is CC(C)(C)C(NC(=O)C(C)(C)C1(O)CCC(F)(F)CC1)c1nc2ccc(C#Cc3ccc(-c4cnc([C@@H](NC(=O)C(C)(C)C5(O)CCC(F)(F)CC5)C(C)(C)C)[nH]4)cc3)cc2[nH]1. The molecular formula is C48H62F4N6O4. The van der Waals surface area contributed by atoms with Gasteiger partial charge in [0, 0.05) is 36.8 Å². The van der Waals surface area contributed by atoms with E-state index in [9.17, 15) is 37.4 Å². The van der Waals surface area contributed by atoms with Crippen molar-refractivity contribution in [3.8, 4) is 23.1 Å². The van der Waals surface area contributed by atoms with Crippen LogP contribution in [0.2, 0.25) is 0 Å². The van der Waals surface area contributed by atoms with E-state index < -0.39 is 94.3 Å². The largest absolute Gasteiger partial charge is 0.389 e. The number of alkyl halides is 4. The lowest BCUT2D eigenvalue weighted by molar-refractivity contribution is -0.169. The molecule has 2 aliphatic rings. The minimum Gasteiger partial charge on any atom is -0.389 e. The second-order valence-corrected chi connectivity index (χ2v) is 20.9. The Hall–Kier alpha value is -4.74. The topological polar surface area (TPSA) is 156 Å². The normalized spacial score (nSPS) is 19.8. The lowest BCUT2D eigenvalue weighted by atomic mass is 9.65. The molecule has 2 aromatic carbocycles. The van der Waals surface area contributed by atoms with E-state index >= 15 is 0 Å². The number of nitrogens with one attached hydrogen (secondary N) is 4. The quantitative estimate of drug-likeness (QED) is 0.0727. The molecule has 0 aliphatic heterocycles. The van der Waals surface area contributed by atoms with Crippen LogP contribution in [0.3, 0.4) is 0 Å². The van der Waals surface area contributed by atoms with Gasteiger partial charge in [-0.05, 0) is 100 Å². The standard InChI is InChI=1S/C48H62F4N6O4/c1-41(2,3)35(57-39(59)43(7,8)45(61)19-23-47(49,50)24-20-45)37-53-28-34(56-37)31-16-13-29(14-17-31)11-12-30-15-18-32-33(27-30)55-38(54-32)36(42(4,5)6)58-40(60)44(9,10)46(62)21-25-48(51,52)26-22-46/h13-18,27-28,35-36,61-62H,19-26H2,1-10H3,(H,53,56)(H,54,55)(H,57,59)(H,58,60)/t35-,36?/m1/s1. The third-order valence-electron chi connectivity index (χ3n) is 13.6. The smallest absolute Gasteiger partial charge is 0.248 e. The summed E-state index contributed by atoms with van der Waals surface area (Å²) in [6.07, 6.45) is -0.864. The zero-order valence-corrected chi connectivity index (χ0v) is 37.5. The van der Waals surface area contributed by atoms with Crippen molar-refractivity contribution in [1.82, 2.24) is 30.6 Å². The first-order chi connectivity index (χ1) is 28.5. The molecule has 2 aromatic heterocycles. The average Bonchev–Trinajstić information content (AvgIpc) is 3.84. The first kappa shape index (κ1) is 46.8. The molecule has 0 radical (unpaired) electrons. The number of halogens is 4. The summed E-state index contributed by atoms with van der Waals surface area (Å²) in [4.78, 5) is 43.7. The van der Waals surface area contributed by atoms with Crippen LogP contribution in [0.15, 0.2) is 48.7 Å². The molecule has 2 atom stereocenters. The van der Waals surface area contributed by atoms with E-state index in [2.05, 4.69) is 37.4 Å². The van der Waals surface area contributed by atoms with Crippen LogP contribution in [0.25, 0.3) is 22.3 Å². The molecule has 10 nitrogen and oxygen atoms in total. The van der Waals surface area contributed by atoms with Gasteiger partial charge in [0.15, 0.2) is 0 Å². The fourth-order valence-corrected chi connectivity index (χ4v) is 8.50. The second kappa shape index (κ2) is 16.1. The zero-order chi connectivity index (χ0) is 45.9. The van der Waals surface area contributed by atoms with Crippen molar-refractivity contribution in [3.63, 3.8) is 0 Å². The van der Waals surface area contributed by atoms with Crippen LogP contribution < -0.4 is 10.6 Å². The van der Waals surface area contributed by atoms with Gasteiger partial charge in [0.05, 0.1) is 57.0 Å². The summed E-state index contributed by atoms with van der Waals surface area (Å²) in [5.41, 5.74) is -2.33. The lowest BCUT2D eigenvalue weighted by Crippen LogP contribution is -2.57. The van der Waals surface area contributed by atoms with Crippen molar-refractivity contribution in [2.24, 2.45) is 21.7 Å². The molecule has 4 aromatic rings. The van der Waals surface area contributed by atoms with Crippen molar-refractivity contribution in [1.29, 1.82) is 0 Å². The molecule has 336 valence electrons. The number of benzene rings is 2. The molecule has 14 heteroatoms. The van der Waals surface area contributed by atoms with Crippen molar-refractivity contribution in [2.45, 2.75) is 156 Å². The van der Waals surface area contributed by atoms with Crippen LogP contribution in [-0.4, -0.2) is 65.0 Å². The molecule has 2 amide bonds. The average molecular weight is 863 g/mol. The van der Waals surface area contributed by atoms with Crippen LogP contribution in [0.1, 0.15) is 155 Å². The number of carbonyl (C=O) groups excluding carboxylic acids is 2. The van der Waals surface area contributed by atoms with E-state index in [-0.39, 0.29) is 25.7 Å². The Morgan fingerprint density at radius 2 is 1.08 bits per heavy atom. The molecule has 1 unspecified atom stereocenters. The maximum Gasteiger partial charge on any atom is 0.248 e. The van der Waals surface area contributed by atoms with Crippen molar-refractivity contribution in [3.05, 3.63) is 71.4 Å². The van der Waals surface area contributed by atoms with E-state index in [4.69, 9.17) is 4.98 Å². The molecule has 6 N–H and O–H groups in total. The molecule has 2 heterocycles. The Morgan fingerprint density at radius 1 is 0.645 bits per heavy atom. The zero-order valence-electron chi connectivity index (χ0n) is 37.5. The predicted molar refractivity (Wildman–Crippen MR) is 231 cm³/mol. The second-order valence-electron chi connectivity index (χ2n) is 20.9. The number of aromatic nitrogens is 4. The molecule has 0 saturated heterocycles. The minimum atomic E-state index is -2.85. The van der Waals surface area contributed by atoms with Crippen LogP contribution >= 0.6 is 0 Å². The maximum atomic E-state index is 14.0. The van der Waals surface area contributed by atoms with E-state index in [1.54, 1.807) is 33.9 Å². The number of nitrogens with zero attached hydrogens (tertiary/aromatic N) is 2. The molecule has 0 spiro atoms. The number of aliphatic hydroxyl groups is 2. The Balaban J connectivity index is 1.14. The Kier molecular flexibility index (Phi) is 12.2. The van der Waals surface area contributed by atoms with Crippen LogP contribution in [0.5, 0.6) is 0 Å². The number of fused-ring (bicyclic) bond motifs is 1. The van der Waals surface area contributed by atoms with Gasteiger partial charge in [0.1, 0.15) is 11.6 Å². The van der Waals surface area contributed by atoms with E-state index in [0.29, 0.717) is 17.2 Å². The van der Waals surface area contributed by atoms with E-state index in [0.717, 1.165) is 27.9 Å². The first-order valence-corrected chi connectivity index (χ1v) is 21.4. The van der Waals surface area contributed by atoms with Crippen LogP contribution in [-0.2, 0) is 9.59 Å². The van der Waals surface area contributed by atoms with E-state index in [1.165, 1.54) is 0 Å². The van der Waals surface area contributed by atoms with Gasteiger partial charge in [-0.15, -0.1) is 0 Å². The monoisotopic (exact) mass is 862 g/mol. The van der Waals surface area contributed by atoms with E-state index in [1.807, 2.05) is 84.0 Å². The number of carbonyl (C=O) groups is 2. The minimum absolute atomic E-state index is 0.169. The molecule has 6 rings (SSSR count). The third kappa shape index (κ3) is 9.59. The highest BCUT2D eigenvalue weighted by molar-refractivity contribution is 5.84. The van der Waals surface area contributed by atoms with Gasteiger partial charge < -0.3 is 30.8 Å². The van der Waals surface area contributed by atoms with Crippen molar-refractivity contribution >= 4 is 22.8 Å². The molecule has 2 aliphatic carbocycles. The predicted octanol–water partition coefficient (Wildman–Crippen LogP) is 9.69. The third-order valence-corrected chi connectivity index (χ3v) is 13.6. The highest BCUT2D eigenvalue weighted by atomic mass is 19.3. The van der Waals surface area contributed by atoms with Gasteiger partial charge >= 0.3 is 0 Å². The summed E-state index contributed by atoms with van der Waals surface area (Å²) in [7, 11) is 0. The van der Waals surface area contributed by atoms with Gasteiger partial charge in [-0.3, -0.25) is 9.59 Å². The van der Waals surface area contributed by atoms with Gasteiger partial charge in [-0.1, -0.05) is 65.5 Å². The number of rotatable bonds is 9. The summed E-state index contributed by atoms with van der Waals surface area (Å²) >= 11 is 0. The maximum absolute atomic E-state index is 14.0. The Bertz CT molecular complexity index is 2340. The van der Waals surface area contributed by atoms with Gasteiger partial charge in [-0.25, -0.2) is 27.5 Å². The summed E-state index contributed by atoms with van der Waals surface area (Å²) < 4.78 is 55.8. The Morgan fingerprint density at radius 3 is 1.55 bits per heavy atom. The van der Waals surface area contributed by atoms with Gasteiger partial charge in [0.25, 0.3) is 0 Å². The first-order valence-electron chi connectivity index (χ1n) is 21.4. The number of H-pyrrole nitrogens is 2. The van der Waals surface area contributed by atoms with Gasteiger partial charge in [0.2, 0.25) is 23.7 Å². The number of imidazole rings is 2. The summed E-state index contributed by atoms with van der Waals surface area (Å²) in [5.74, 6) is 0.890. The molecule has 0 bridgehead atoms. The fourth-order valence-electron chi connectivity index (χ4n) is 8.50. The number of hydrogen-bond donors (Lipinski definition) is 6. The molecule has 2 saturated carbocycles. The molecule has 2 fully saturated rings. The van der Waals surface area contributed by atoms with Crippen LogP contribution in [0.4, 0.5) is 17.6 Å². The molecule has 62 heavy (non-hydrogen) atoms. The van der Waals surface area contributed by atoms with Gasteiger partial charge in [-0.2, -0.15) is 0 Å². The highest BCUT2D eigenvalue weighted by Crippen LogP contribution is 2.49. The van der Waals surface area contributed by atoms with Crippen LogP contribution in [0, 0.1) is 33.5 Å². The molecular weight excluding hydrogens is 801 g/mol. The van der Waals surface area contributed by atoms with Crippen molar-refractivity contribution < 1.29 is 37.4 Å². The lowest BCUT2D eigenvalue weighted by Gasteiger charge is -2.46. The highest BCUT2D eigenvalue weighted by Gasteiger charge is 2.55. The number of aromatic amines is 2. The fraction of sp³-hybridized carbons (Fsp3) is 0.583. The summed E-state index contributed by atoms with van der Waals surface area (Å²) in [6.45, 7) is 18.2.